The lowest BCUT2D eigenvalue weighted by atomic mass is 10.0. The topological polar surface area (TPSA) is 43.4 Å². The molecule has 0 aliphatic rings. The molecule has 0 heterocycles. The zero-order valence-electron chi connectivity index (χ0n) is 10.7. The summed E-state index contributed by atoms with van der Waals surface area (Å²) in [6.45, 7) is 2.04. The number of Topliss-reactive ketones (excluding diaryl/α,β-unsaturated/α-hetero) is 1. The molecule has 1 aromatic carbocycles. The molecule has 0 saturated heterocycles. The van der Waals surface area contributed by atoms with Crippen molar-refractivity contribution < 1.29 is 18.7 Å². The standard InChI is InChI=1S/C14H16ClFO3/c1-2-19-14(18)8-7-12(17)6-4-10-3-5-11(16)9-13(10)15/h3,5,9H,2,4,6-8H2,1H3. The van der Waals surface area contributed by atoms with Crippen LogP contribution in [0.3, 0.4) is 0 Å². The highest BCUT2D eigenvalue weighted by molar-refractivity contribution is 6.31. The number of rotatable bonds is 7. The molecule has 0 unspecified atom stereocenters. The van der Waals surface area contributed by atoms with E-state index in [1.54, 1.807) is 13.0 Å². The number of aryl methyl sites for hydroxylation is 1. The number of ketones is 1. The van der Waals surface area contributed by atoms with Gasteiger partial charge in [0, 0.05) is 17.9 Å². The highest BCUT2D eigenvalue weighted by Gasteiger charge is 2.09. The summed E-state index contributed by atoms with van der Waals surface area (Å²) in [4.78, 5) is 22.7. The maximum atomic E-state index is 12.8. The summed E-state index contributed by atoms with van der Waals surface area (Å²) in [5.41, 5.74) is 0.729. The summed E-state index contributed by atoms with van der Waals surface area (Å²) in [5, 5.41) is 0.318. The number of carbonyl (C=O) groups is 2. The van der Waals surface area contributed by atoms with E-state index in [9.17, 15) is 14.0 Å². The van der Waals surface area contributed by atoms with Crippen molar-refractivity contribution >= 4 is 23.4 Å². The van der Waals surface area contributed by atoms with Gasteiger partial charge in [-0.1, -0.05) is 17.7 Å². The van der Waals surface area contributed by atoms with Crippen LogP contribution in [0.2, 0.25) is 5.02 Å². The number of esters is 1. The number of carbonyl (C=O) groups excluding carboxylic acids is 2. The Morgan fingerprint density at radius 2 is 2.00 bits per heavy atom. The minimum Gasteiger partial charge on any atom is -0.466 e. The maximum Gasteiger partial charge on any atom is 0.306 e. The fourth-order valence-corrected chi connectivity index (χ4v) is 1.86. The fourth-order valence-electron chi connectivity index (χ4n) is 1.60. The second-order valence-corrected chi connectivity index (χ2v) is 4.49. The van der Waals surface area contributed by atoms with Crippen LogP contribution in [0.15, 0.2) is 18.2 Å². The molecule has 19 heavy (non-hydrogen) atoms. The summed E-state index contributed by atoms with van der Waals surface area (Å²) in [6, 6.07) is 4.10. The van der Waals surface area contributed by atoms with Crippen molar-refractivity contribution in [2.45, 2.75) is 32.6 Å². The summed E-state index contributed by atoms with van der Waals surface area (Å²) in [7, 11) is 0. The van der Waals surface area contributed by atoms with Gasteiger partial charge in [0.2, 0.25) is 0 Å². The predicted molar refractivity (Wildman–Crippen MR) is 70.6 cm³/mol. The van der Waals surface area contributed by atoms with Crippen molar-refractivity contribution in [2.24, 2.45) is 0 Å². The molecule has 3 nitrogen and oxygen atoms in total. The van der Waals surface area contributed by atoms with Crippen LogP contribution in [-0.4, -0.2) is 18.4 Å². The Morgan fingerprint density at radius 1 is 1.26 bits per heavy atom. The lowest BCUT2D eigenvalue weighted by Gasteiger charge is -2.04. The number of hydrogen-bond donors (Lipinski definition) is 0. The minimum absolute atomic E-state index is 0.0338. The smallest absolute Gasteiger partial charge is 0.306 e. The van der Waals surface area contributed by atoms with Gasteiger partial charge in [-0.05, 0) is 31.0 Å². The van der Waals surface area contributed by atoms with E-state index in [0.29, 0.717) is 18.1 Å². The lowest BCUT2D eigenvalue weighted by Crippen LogP contribution is -2.08. The van der Waals surface area contributed by atoms with Crippen molar-refractivity contribution in [1.29, 1.82) is 0 Å². The van der Waals surface area contributed by atoms with E-state index in [2.05, 4.69) is 0 Å². The average molecular weight is 287 g/mol. The van der Waals surface area contributed by atoms with Crippen LogP contribution in [0.4, 0.5) is 4.39 Å². The van der Waals surface area contributed by atoms with Crippen LogP contribution >= 0.6 is 11.6 Å². The van der Waals surface area contributed by atoms with Gasteiger partial charge in [-0.15, -0.1) is 0 Å². The van der Waals surface area contributed by atoms with Gasteiger partial charge < -0.3 is 4.74 Å². The van der Waals surface area contributed by atoms with Crippen LogP contribution in [0.1, 0.15) is 31.7 Å². The van der Waals surface area contributed by atoms with E-state index in [1.807, 2.05) is 0 Å². The number of benzene rings is 1. The zero-order valence-corrected chi connectivity index (χ0v) is 11.5. The molecule has 0 atom stereocenters. The molecule has 0 aliphatic heterocycles. The molecule has 1 rings (SSSR count). The van der Waals surface area contributed by atoms with Gasteiger partial charge in [0.25, 0.3) is 0 Å². The number of halogens is 2. The van der Waals surface area contributed by atoms with Crippen molar-refractivity contribution in [3.8, 4) is 0 Å². The molecule has 104 valence electrons. The monoisotopic (exact) mass is 286 g/mol. The minimum atomic E-state index is -0.401. The van der Waals surface area contributed by atoms with Crippen LogP contribution in [0, 0.1) is 5.82 Å². The second kappa shape index (κ2) is 7.89. The molecular weight excluding hydrogens is 271 g/mol. The van der Waals surface area contributed by atoms with Crippen LogP contribution in [0.5, 0.6) is 0 Å². The van der Waals surface area contributed by atoms with Crippen LogP contribution in [-0.2, 0) is 20.7 Å². The Hall–Kier alpha value is -1.42. The highest BCUT2D eigenvalue weighted by Crippen LogP contribution is 2.19. The van der Waals surface area contributed by atoms with Crippen molar-refractivity contribution in [3.63, 3.8) is 0 Å². The van der Waals surface area contributed by atoms with Gasteiger partial charge in [-0.25, -0.2) is 4.39 Å². The molecule has 0 bridgehead atoms. The SMILES string of the molecule is CCOC(=O)CCC(=O)CCc1ccc(F)cc1Cl. The first-order valence-corrected chi connectivity index (χ1v) is 6.52. The average Bonchev–Trinajstić information content (AvgIpc) is 2.35. The molecule has 5 heteroatoms. The molecule has 0 amide bonds. The first kappa shape index (κ1) is 15.6. The van der Waals surface area contributed by atoms with Crippen molar-refractivity contribution in [1.82, 2.24) is 0 Å². The highest BCUT2D eigenvalue weighted by atomic mass is 35.5. The van der Waals surface area contributed by atoms with Gasteiger partial charge in [-0.3, -0.25) is 9.59 Å². The Labute approximate surface area is 116 Å². The van der Waals surface area contributed by atoms with Gasteiger partial charge in [0.15, 0.2) is 0 Å². The summed E-state index contributed by atoms with van der Waals surface area (Å²) in [5.74, 6) is -0.800. The Bertz CT molecular complexity index is 460. The van der Waals surface area contributed by atoms with E-state index in [-0.39, 0.29) is 31.0 Å². The van der Waals surface area contributed by atoms with E-state index < -0.39 is 5.82 Å². The van der Waals surface area contributed by atoms with E-state index >= 15 is 0 Å². The molecule has 0 radical (unpaired) electrons. The molecule has 0 N–H and O–H groups in total. The van der Waals surface area contributed by atoms with E-state index in [4.69, 9.17) is 16.3 Å². The molecule has 0 aliphatic carbocycles. The third-order valence-electron chi connectivity index (χ3n) is 2.60. The fraction of sp³-hybridized carbons (Fsp3) is 0.429. The largest absolute Gasteiger partial charge is 0.466 e. The van der Waals surface area contributed by atoms with E-state index in [0.717, 1.165) is 5.56 Å². The molecular formula is C14H16ClFO3. The lowest BCUT2D eigenvalue weighted by molar-refractivity contribution is -0.144. The number of ether oxygens (including phenoxy) is 1. The van der Waals surface area contributed by atoms with Crippen molar-refractivity contribution in [2.75, 3.05) is 6.61 Å². The van der Waals surface area contributed by atoms with Crippen LogP contribution in [0.25, 0.3) is 0 Å². The Kier molecular flexibility index (Phi) is 6.50. The second-order valence-electron chi connectivity index (χ2n) is 4.08. The first-order valence-electron chi connectivity index (χ1n) is 6.14. The predicted octanol–water partition coefficient (Wildman–Crippen LogP) is 3.32. The molecule has 1 aromatic rings. The molecule has 0 aromatic heterocycles. The number of hydrogen-bond acceptors (Lipinski definition) is 3. The normalized spacial score (nSPS) is 10.3. The van der Waals surface area contributed by atoms with Gasteiger partial charge in [0.1, 0.15) is 11.6 Å². The third kappa shape index (κ3) is 5.83. The van der Waals surface area contributed by atoms with E-state index in [1.165, 1.54) is 12.1 Å². The molecule has 0 fully saturated rings. The van der Waals surface area contributed by atoms with Gasteiger partial charge in [0.05, 0.1) is 13.0 Å². The maximum absolute atomic E-state index is 12.8. The van der Waals surface area contributed by atoms with Gasteiger partial charge in [-0.2, -0.15) is 0 Å². The zero-order chi connectivity index (χ0) is 14.3. The van der Waals surface area contributed by atoms with Crippen LogP contribution < -0.4 is 0 Å². The summed E-state index contributed by atoms with van der Waals surface area (Å²) >= 11 is 5.86. The molecule has 0 spiro atoms. The molecule has 0 saturated carbocycles. The third-order valence-corrected chi connectivity index (χ3v) is 2.95. The summed E-state index contributed by atoms with van der Waals surface area (Å²) in [6.07, 6.45) is 0.993. The van der Waals surface area contributed by atoms with Gasteiger partial charge >= 0.3 is 5.97 Å². The Balaban J connectivity index is 2.36. The quantitative estimate of drug-likeness (QED) is 0.722. The van der Waals surface area contributed by atoms with Crippen molar-refractivity contribution in [3.05, 3.63) is 34.6 Å². The first-order chi connectivity index (χ1) is 9.02. The Morgan fingerprint density at radius 3 is 2.63 bits per heavy atom. The summed E-state index contributed by atoms with van der Waals surface area (Å²) < 4.78 is 17.6.